The van der Waals surface area contributed by atoms with Gasteiger partial charge in [-0.15, -0.1) is 10.3 Å². The fourth-order valence-electron chi connectivity index (χ4n) is 3.46. The average Bonchev–Trinajstić information content (AvgIpc) is 3.10. The van der Waals surface area contributed by atoms with Crippen molar-refractivity contribution in [2.45, 2.75) is 64.5 Å². The number of hydrogen-bond acceptors (Lipinski definition) is 7. The first-order valence-corrected chi connectivity index (χ1v) is 14.9. The minimum absolute atomic E-state index is 0.0447. The van der Waals surface area contributed by atoms with Crippen LogP contribution in [0.15, 0.2) is 12.2 Å². The second-order valence-electron chi connectivity index (χ2n) is 9.92. The third kappa shape index (κ3) is 12.7. The maximum atomic E-state index is 12.1. The number of carbonyl (C=O) groups excluding carboxylic acids is 2. The molecule has 1 fully saturated rings. The minimum atomic E-state index is -1.11. The molecule has 2 unspecified atom stereocenters. The maximum absolute atomic E-state index is 12.1. The molecule has 0 heterocycles. The molecule has 34 heavy (non-hydrogen) atoms. The molecule has 0 N–H and O–H groups in total. The van der Waals surface area contributed by atoms with Crippen LogP contribution in [0.25, 0.3) is 0 Å². The molecule has 0 bridgehead atoms. The van der Waals surface area contributed by atoms with E-state index in [1.54, 1.807) is 0 Å². The Morgan fingerprint density at radius 3 is 2.06 bits per heavy atom. The molecule has 0 spiro atoms. The summed E-state index contributed by atoms with van der Waals surface area (Å²) in [5.74, 6) is 0.0660. The topological polar surface area (TPSA) is 80.3 Å². The molecular formula is C26H48O7S. The van der Waals surface area contributed by atoms with Gasteiger partial charge in [0.15, 0.2) is 0 Å². The summed E-state index contributed by atoms with van der Waals surface area (Å²) in [6.45, 7) is 12.3. The summed E-state index contributed by atoms with van der Waals surface area (Å²) in [6, 6.07) is 0. The van der Waals surface area contributed by atoms with Crippen molar-refractivity contribution in [3.63, 3.8) is 0 Å². The quantitative estimate of drug-likeness (QED) is 0.152. The van der Waals surface area contributed by atoms with E-state index in [4.69, 9.17) is 23.1 Å². The number of Topliss-reactive ketones (excluding diaryl/α,β-unsaturated/α-hetero) is 1. The van der Waals surface area contributed by atoms with E-state index in [1.165, 1.54) is 0 Å². The van der Waals surface area contributed by atoms with E-state index in [0.717, 1.165) is 19.3 Å². The Hall–Kier alpha value is -0.930. The first-order valence-electron chi connectivity index (χ1n) is 12.5. The van der Waals surface area contributed by atoms with E-state index >= 15 is 0 Å². The zero-order valence-corrected chi connectivity index (χ0v) is 23.1. The predicted molar refractivity (Wildman–Crippen MR) is 138 cm³/mol. The Labute approximate surface area is 208 Å². The maximum Gasteiger partial charge on any atom is 0.306 e. The molecule has 1 saturated carbocycles. The van der Waals surface area contributed by atoms with Crippen LogP contribution in [0.5, 0.6) is 0 Å². The van der Waals surface area contributed by atoms with Crippen molar-refractivity contribution in [2.75, 3.05) is 65.4 Å². The minimum Gasteiger partial charge on any atom is -0.463 e. The van der Waals surface area contributed by atoms with Crippen LogP contribution in [0.1, 0.15) is 59.8 Å². The summed E-state index contributed by atoms with van der Waals surface area (Å²) >= 11 is 0. The molecule has 0 aromatic heterocycles. The SMILES string of the molecule is CC/C=C\CC1C(=O)CCC1CC(=O)OCCOCCOCCOCCOS(C)(C)C(C)(C)C. The van der Waals surface area contributed by atoms with Gasteiger partial charge < -0.3 is 23.1 Å². The lowest BCUT2D eigenvalue weighted by atomic mass is 9.89. The van der Waals surface area contributed by atoms with Gasteiger partial charge in [0.2, 0.25) is 0 Å². The zero-order chi connectivity index (χ0) is 25.5. The second kappa shape index (κ2) is 16.7. The molecule has 0 radical (unpaired) electrons. The number of hydrogen-bond donors (Lipinski definition) is 0. The van der Waals surface area contributed by atoms with Crippen LogP contribution in [-0.2, 0) is 32.7 Å². The van der Waals surface area contributed by atoms with Crippen molar-refractivity contribution in [3.05, 3.63) is 12.2 Å². The van der Waals surface area contributed by atoms with Gasteiger partial charge in [0, 0.05) is 23.5 Å². The van der Waals surface area contributed by atoms with Crippen LogP contribution < -0.4 is 0 Å². The van der Waals surface area contributed by atoms with Gasteiger partial charge in [-0.25, -0.2) is 0 Å². The van der Waals surface area contributed by atoms with Crippen molar-refractivity contribution in [1.29, 1.82) is 0 Å². The molecule has 0 saturated heterocycles. The Balaban J connectivity index is 1.97. The van der Waals surface area contributed by atoms with E-state index in [0.29, 0.717) is 59.1 Å². The highest BCUT2D eigenvalue weighted by Crippen LogP contribution is 2.53. The van der Waals surface area contributed by atoms with Gasteiger partial charge >= 0.3 is 5.97 Å². The first-order chi connectivity index (χ1) is 16.1. The summed E-state index contributed by atoms with van der Waals surface area (Å²) in [4.78, 5) is 24.2. The highest BCUT2D eigenvalue weighted by molar-refractivity contribution is 8.29. The standard InChI is InChI=1S/C26H48O7S/c1-7-8-9-10-23-22(11-12-24(23)27)21-25(28)32-19-17-30-15-13-29-14-16-31-18-20-33-34(5,6)26(2,3)4/h8-9,22-23H,7,10-21H2,1-6H3/b9-8-. The van der Waals surface area contributed by atoms with Gasteiger partial charge in [-0.1, -0.05) is 39.8 Å². The predicted octanol–water partition coefficient (Wildman–Crippen LogP) is 4.72. The van der Waals surface area contributed by atoms with Crippen LogP contribution in [0, 0.1) is 11.8 Å². The van der Waals surface area contributed by atoms with E-state index in [1.807, 2.05) is 0 Å². The van der Waals surface area contributed by atoms with E-state index in [9.17, 15) is 9.59 Å². The Bertz CT molecular complexity index is 613. The lowest BCUT2D eigenvalue weighted by Crippen LogP contribution is -2.26. The number of rotatable bonds is 18. The molecule has 0 amide bonds. The van der Waals surface area contributed by atoms with Crippen LogP contribution in [0.2, 0.25) is 0 Å². The molecule has 0 aliphatic heterocycles. The molecule has 1 rings (SSSR count). The van der Waals surface area contributed by atoms with Crippen LogP contribution in [0.4, 0.5) is 0 Å². The molecular weight excluding hydrogens is 456 g/mol. The van der Waals surface area contributed by atoms with Crippen molar-refractivity contribution >= 4 is 22.1 Å². The molecule has 8 heteroatoms. The monoisotopic (exact) mass is 504 g/mol. The molecule has 0 aromatic rings. The van der Waals surface area contributed by atoms with Crippen LogP contribution >= 0.6 is 10.3 Å². The van der Waals surface area contributed by atoms with Crippen molar-refractivity contribution in [3.8, 4) is 0 Å². The first kappa shape index (κ1) is 31.1. The average molecular weight is 505 g/mol. The summed E-state index contributed by atoms with van der Waals surface area (Å²) in [5.41, 5.74) is 0. The summed E-state index contributed by atoms with van der Waals surface area (Å²) in [7, 11) is -1.11. The van der Waals surface area contributed by atoms with E-state index < -0.39 is 10.3 Å². The lowest BCUT2D eigenvalue weighted by Gasteiger charge is -2.43. The molecule has 2 atom stereocenters. The zero-order valence-electron chi connectivity index (χ0n) is 22.3. The number of esters is 1. The van der Waals surface area contributed by atoms with E-state index in [-0.39, 0.29) is 34.9 Å². The van der Waals surface area contributed by atoms with Crippen LogP contribution in [0.3, 0.4) is 0 Å². The fraction of sp³-hybridized carbons (Fsp3) is 0.846. The van der Waals surface area contributed by atoms with Gasteiger partial charge in [0.05, 0.1) is 46.2 Å². The number of ketones is 1. The normalized spacial score (nSPS) is 19.8. The molecule has 7 nitrogen and oxygen atoms in total. The summed E-state index contributed by atoms with van der Waals surface area (Å²) in [6.07, 6.45) is 11.8. The molecule has 1 aliphatic rings. The van der Waals surface area contributed by atoms with Gasteiger partial charge in [-0.2, -0.15) is 0 Å². The Morgan fingerprint density at radius 2 is 1.50 bits per heavy atom. The lowest BCUT2D eigenvalue weighted by molar-refractivity contribution is -0.146. The van der Waals surface area contributed by atoms with Gasteiger partial charge in [-0.05, 0) is 37.7 Å². The van der Waals surface area contributed by atoms with Crippen LogP contribution in [-0.4, -0.2) is 81.9 Å². The Morgan fingerprint density at radius 1 is 0.941 bits per heavy atom. The summed E-state index contributed by atoms with van der Waals surface area (Å²) in [5, 5.41) is 0. The van der Waals surface area contributed by atoms with Gasteiger partial charge in [0.25, 0.3) is 0 Å². The molecule has 200 valence electrons. The smallest absolute Gasteiger partial charge is 0.306 e. The van der Waals surface area contributed by atoms with Gasteiger partial charge in [0.1, 0.15) is 12.4 Å². The Kier molecular flexibility index (Phi) is 15.3. The second-order valence-corrected chi connectivity index (χ2v) is 13.8. The largest absolute Gasteiger partial charge is 0.463 e. The fourth-order valence-corrected chi connectivity index (χ4v) is 4.30. The summed E-state index contributed by atoms with van der Waals surface area (Å²) < 4.78 is 27.9. The van der Waals surface area contributed by atoms with Gasteiger partial charge in [-0.3, -0.25) is 9.59 Å². The van der Waals surface area contributed by atoms with Crippen molar-refractivity contribution < 1.29 is 32.7 Å². The highest BCUT2D eigenvalue weighted by Gasteiger charge is 2.35. The third-order valence-corrected chi connectivity index (χ3v) is 9.99. The number of carbonyl (C=O) groups is 2. The van der Waals surface area contributed by atoms with Crippen molar-refractivity contribution in [2.24, 2.45) is 11.8 Å². The third-order valence-electron chi connectivity index (χ3n) is 6.28. The molecule has 1 aliphatic carbocycles. The number of ether oxygens (including phenoxy) is 4. The number of allylic oxidation sites excluding steroid dienone is 2. The highest BCUT2D eigenvalue weighted by atomic mass is 32.3. The van der Waals surface area contributed by atoms with E-state index in [2.05, 4.69) is 52.4 Å². The molecule has 0 aromatic carbocycles. The van der Waals surface area contributed by atoms with Crippen molar-refractivity contribution in [1.82, 2.24) is 0 Å².